The molecule has 0 bridgehead atoms. The van der Waals surface area contributed by atoms with E-state index in [-0.39, 0.29) is 18.4 Å². The van der Waals surface area contributed by atoms with Gasteiger partial charge in [0.1, 0.15) is 5.82 Å². The van der Waals surface area contributed by atoms with E-state index in [1.165, 1.54) is 5.56 Å². The average Bonchev–Trinajstić information content (AvgIpc) is 2.85. The lowest BCUT2D eigenvalue weighted by Gasteiger charge is -2.13. The van der Waals surface area contributed by atoms with Crippen molar-refractivity contribution >= 4 is 5.97 Å². The summed E-state index contributed by atoms with van der Waals surface area (Å²) < 4.78 is 20.3. The SMILES string of the molecule is C=C(C)C(=O)OCCCc1ccc(-c2ccc(-c3ccc(CCCO)cc3CC)c(F)c2)cc1. The standard InChI is InChI=1S/C30H33FO3/c1-4-24-19-23(7-5-17-32)11-15-27(24)28-16-14-26(20-29(28)31)25-12-9-22(10-13-25)8-6-18-34-30(33)21(2)3/h9-16,19-20,32H,2,4-8,17-18H2,1,3H3. The van der Waals surface area contributed by atoms with Crippen molar-refractivity contribution < 1.29 is 19.0 Å². The highest BCUT2D eigenvalue weighted by molar-refractivity contribution is 5.86. The van der Waals surface area contributed by atoms with Crippen molar-refractivity contribution in [3.63, 3.8) is 0 Å². The quantitative estimate of drug-likeness (QED) is 0.197. The number of benzene rings is 3. The molecule has 3 nitrogen and oxygen atoms in total. The van der Waals surface area contributed by atoms with Gasteiger partial charge in [-0.2, -0.15) is 0 Å². The van der Waals surface area contributed by atoms with Crippen LogP contribution in [-0.2, 0) is 28.8 Å². The maximum atomic E-state index is 15.2. The largest absolute Gasteiger partial charge is 0.462 e. The number of aliphatic hydroxyl groups is 1. The van der Waals surface area contributed by atoms with Crippen molar-refractivity contribution in [2.45, 2.75) is 46.0 Å². The van der Waals surface area contributed by atoms with Crippen molar-refractivity contribution in [3.05, 3.63) is 95.3 Å². The Hall–Kier alpha value is -3.24. The number of rotatable bonds is 11. The second-order valence-electron chi connectivity index (χ2n) is 8.58. The van der Waals surface area contributed by atoms with E-state index in [1.807, 2.05) is 48.5 Å². The second-order valence-corrected chi connectivity index (χ2v) is 8.58. The van der Waals surface area contributed by atoms with Crippen LogP contribution in [-0.4, -0.2) is 24.3 Å². The lowest BCUT2D eigenvalue weighted by molar-refractivity contribution is -0.139. The summed E-state index contributed by atoms with van der Waals surface area (Å²) in [5.41, 5.74) is 7.14. The van der Waals surface area contributed by atoms with Crippen molar-refractivity contribution in [1.29, 1.82) is 0 Å². The first-order valence-electron chi connectivity index (χ1n) is 11.9. The highest BCUT2D eigenvalue weighted by Gasteiger charge is 2.12. The molecule has 0 heterocycles. The Morgan fingerprint density at radius 2 is 1.56 bits per heavy atom. The first-order chi connectivity index (χ1) is 16.4. The number of ether oxygens (including phenoxy) is 1. The van der Waals surface area contributed by atoms with Crippen molar-refractivity contribution in [2.24, 2.45) is 0 Å². The first-order valence-corrected chi connectivity index (χ1v) is 11.9. The monoisotopic (exact) mass is 460 g/mol. The molecule has 0 saturated heterocycles. The summed E-state index contributed by atoms with van der Waals surface area (Å²) in [6, 6.07) is 19.6. The topological polar surface area (TPSA) is 46.5 Å². The van der Waals surface area contributed by atoms with E-state index in [9.17, 15) is 4.79 Å². The second kappa shape index (κ2) is 12.3. The van der Waals surface area contributed by atoms with Gasteiger partial charge in [-0.25, -0.2) is 9.18 Å². The number of aliphatic hydroxyl groups excluding tert-OH is 1. The van der Waals surface area contributed by atoms with Gasteiger partial charge in [-0.05, 0) is 78.5 Å². The molecule has 3 rings (SSSR count). The maximum absolute atomic E-state index is 15.2. The molecule has 0 amide bonds. The lowest BCUT2D eigenvalue weighted by atomic mass is 9.93. The molecule has 34 heavy (non-hydrogen) atoms. The molecule has 4 heteroatoms. The van der Waals surface area contributed by atoms with Gasteiger partial charge in [0.15, 0.2) is 0 Å². The Bertz CT molecular complexity index is 1130. The normalized spacial score (nSPS) is 10.8. The molecule has 0 spiro atoms. The number of hydrogen-bond acceptors (Lipinski definition) is 3. The van der Waals surface area contributed by atoms with Crippen LogP contribution in [0.5, 0.6) is 0 Å². The fraction of sp³-hybridized carbons (Fsp3) is 0.300. The van der Waals surface area contributed by atoms with E-state index in [4.69, 9.17) is 9.84 Å². The van der Waals surface area contributed by atoms with Gasteiger partial charge >= 0.3 is 5.97 Å². The zero-order valence-corrected chi connectivity index (χ0v) is 20.1. The van der Waals surface area contributed by atoms with Crippen molar-refractivity contribution in [2.75, 3.05) is 13.2 Å². The number of hydrogen-bond donors (Lipinski definition) is 1. The first kappa shape index (κ1) is 25.4. The molecule has 0 aliphatic heterocycles. The number of carbonyl (C=O) groups excluding carboxylic acids is 1. The Labute approximate surface area is 201 Å². The van der Waals surface area contributed by atoms with Gasteiger partial charge in [0.05, 0.1) is 6.61 Å². The third-order valence-electron chi connectivity index (χ3n) is 5.91. The molecule has 0 fully saturated rings. The Morgan fingerprint density at radius 1 is 0.912 bits per heavy atom. The number of halogens is 1. The third-order valence-corrected chi connectivity index (χ3v) is 5.91. The molecule has 3 aromatic carbocycles. The summed E-state index contributed by atoms with van der Waals surface area (Å²) >= 11 is 0. The summed E-state index contributed by atoms with van der Waals surface area (Å²) in [4.78, 5) is 11.4. The van der Waals surface area contributed by atoms with Crippen LogP contribution < -0.4 is 0 Å². The average molecular weight is 461 g/mol. The summed E-state index contributed by atoms with van der Waals surface area (Å²) in [6.07, 6.45) is 3.90. The van der Waals surface area contributed by atoms with Crippen LogP contribution in [0.1, 0.15) is 43.4 Å². The van der Waals surface area contributed by atoms with E-state index in [0.29, 0.717) is 17.7 Å². The van der Waals surface area contributed by atoms with Gasteiger partial charge in [0, 0.05) is 17.7 Å². The number of carbonyl (C=O) groups is 1. The summed E-state index contributed by atoms with van der Waals surface area (Å²) in [5.74, 6) is -0.594. The van der Waals surface area contributed by atoms with Gasteiger partial charge in [-0.15, -0.1) is 0 Å². The van der Waals surface area contributed by atoms with Gasteiger partial charge < -0.3 is 9.84 Å². The highest BCUT2D eigenvalue weighted by Crippen LogP contribution is 2.31. The molecule has 1 N–H and O–H groups in total. The number of esters is 1. The van der Waals surface area contributed by atoms with Crippen LogP contribution >= 0.6 is 0 Å². The molecule has 0 aliphatic rings. The Balaban J connectivity index is 1.69. The van der Waals surface area contributed by atoms with Crippen LogP contribution in [0.4, 0.5) is 4.39 Å². The highest BCUT2D eigenvalue weighted by atomic mass is 19.1. The van der Waals surface area contributed by atoms with Gasteiger partial charge in [0.25, 0.3) is 0 Å². The summed E-state index contributed by atoms with van der Waals surface area (Å²) in [5, 5.41) is 9.07. The molecule has 0 atom stereocenters. The molecule has 0 radical (unpaired) electrons. The predicted octanol–water partition coefficient (Wildman–Crippen LogP) is 6.70. The molecule has 178 valence electrons. The van der Waals surface area contributed by atoms with Crippen LogP contribution in [0.2, 0.25) is 0 Å². The summed E-state index contributed by atoms with van der Waals surface area (Å²) in [7, 11) is 0. The van der Waals surface area contributed by atoms with Crippen molar-refractivity contribution in [1.82, 2.24) is 0 Å². The minimum absolute atomic E-state index is 0.172. The molecule has 0 aromatic heterocycles. The van der Waals surface area contributed by atoms with E-state index in [2.05, 4.69) is 19.6 Å². The summed E-state index contributed by atoms with van der Waals surface area (Å²) in [6.45, 7) is 7.82. The predicted molar refractivity (Wildman–Crippen MR) is 136 cm³/mol. The molecular formula is C30H33FO3. The minimum Gasteiger partial charge on any atom is -0.462 e. The zero-order valence-electron chi connectivity index (χ0n) is 20.1. The number of aryl methyl sites for hydroxylation is 3. The van der Waals surface area contributed by atoms with Gasteiger partial charge in [-0.3, -0.25) is 0 Å². The molecule has 0 unspecified atom stereocenters. The van der Waals surface area contributed by atoms with Crippen LogP contribution in [0.25, 0.3) is 22.3 Å². The van der Waals surface area contributed by atoms with Crippen LogP contribution in [0, 0.1) is 5.82 Å². The smallest absolute Gasteiger partial charge is 0.333 e. The van der Waals surface area contributed by atoms with E-state index < -0.39 is 0 Å². The van der Waals surface area contributed by atoms with Gasteiger partial charge in [-0.1, -0.05) is 68.1 Å². The van der Waals surface area contributed by atoms with E-state index >= 15 is 4.39 Å². The fourth-order valence-electron chi connectivity index (χ4n) is 3.98. The molecule has 0 aliphatic carbocycles. The van der Waals surface area contributed by atoms with E-state index in [0.717, 1.165) is 59.9 Å². The van der Waals surface area contributed by atoms with Crippen LogP contribution in [0.3, 0.4) is 0 Å². The fourth-order valence-corrected chi connectivity index (χ4v) is 3.98. The maximum Gasteiger partial charge on any atom is 0.333 e. The third kappa shape index (κ3) is 6.64. The lowest BCUT2D eigenvalue weighted by Crippen LogP contribution is -2.06. The van der Waals surface area contributed by atoms with Crippen molar-refractivity contribution in [3.8, 4) is 22.3 Å². The Kier molecular flexibility index (Phi) is 9.17. The van der Waals surface area contributed by atoms with Crippen LogP contribution in [0.15, 0.2) is 72.8 Å². The van der Waals surface area contributed by atoms with E-state index in [1.54, 1.807) is 13.0 Å². The minimum atomic E-state index is -0.357. The molecular weight excluding hydrogens is 427 g/mol. The molecule has 3 aromatic rings. The molecule has 0 saturated carbocycles. The Morgan fingerprint density at radius 3 is 2.21 bits per heavy atom. The van der Waals surface area contributed by atoms with Gasteiger partial charge in [0.2, 0.25) is 0 Å². The zero-order chi connectivity index (χ0) is 24.5.